The molecule has 36 heavy (non-hydrogen) atoms. The van der Waals surface area contributed by atoms with Crippen molar-refractivity contribution in [1.82, 2.24) is 19.3 Å². The second kappa shape index (κ2) is 9.17. The quantitative estimate of drug-likeness (QED) is 0.285. The van der Waals surface area contributed by atoms with Gasteiger partial charge < -0.3 is 10.3 Å². The van der Waals surface area contributed by atoms with Crippen molar-refractivity contribution in [3.63, 3.8) is 0 Å². The maximum atomic E-state index is 14.5. The van der Waals surface area contributed by atoms with Gasteiger partial charge in [0.15, 0.2) is 0 Å². The Hall–Kier alpha value is -3.51. The highest BCUT2D eigenvalue weighted by molar-refractivity contribution is 7.89. The first kappa shape index (κ1) is 24.2. The predicted octanol–water partition coefficient (Wildman–Crippen LogP) is 5.05. The van der Waals surface area contributed by atoms with E-state index < -0.39 is 27.7 Å². The standard InChI is InChI=1S/C24H21F4N5O2S/c25-22-20(13-16-7-10-29-23(16)32-22)15-1-4-19(5-2-15)36(34,35)33-11-8-18(9-12-33)31-21-6-3-17(14-30-21)24(26,27)28/h1-7,10,13-14,18H,8-9,11-12H2,(H,29,32)(H,30,31). The minimum Gasteiger partial charge on any atom is -0.367 e. The lowest BCUT2D eigenvalue weighted by Crippen LogP contribution is -2.42. The molecule has 0 saturated carbocycles. The molecule has 0 bridgehead atoms. The topological polar surface area (TPSA) is 91.0 Å². The van der Waals surface area contributed by atoms with E-state index in [2.05, 4.69) is 20.3 Å². The number of pyridine rings is 2. The lowest BCUT2D eigenvalue weighted by atomic mass is 10.1. The second-order valence-electron chi connectivity index (χ2n) is 8.52. The van der Waals surface area contributed by atoms with E-state index in [1.807, 2.05) is 0 Å². The lowest BCUT2D eigenvalue weighted by molar-refractivity contribution is -0.137. The number of halogens is 4. The van der Waals surface area contributed by atoms with Gasteiger partial charge in [0.1, 0.15) is 11.5 Å². The van der Waals surface area contributed by atoms with Crippen LogP contribution >= 0.6 is 0 Å². The SMILES string of the molecule is O=S(=O)(c1ccc(-c2cc3cc[nH]c3nc2F)cc1)N1CCC(Nc2ccc(C(F)(F)F)cn2)CC1. The van der Waals surface area contributed by atoms with Gasteiger partial charge in [-0.25, -0.2) is 18.4 Å². The maximum absolute atomic E-state index is 14.5. The number of nitrogens with zero attached hydrogens (tertiary/aromatic N) is 3. The number of hydrogen-bond donors (Lipinski definition) is 2. The highest BCUT2D eigenvalue weighted by Crippen LogP contribution is 2.30. The second-order valence-corrected chi connectivity index (χ2v) is 10.5. The first-order valence-electron chi connectivity index (χ1n) is 11.2. The van der Waals surface area contributed by atoms with E-state index in [1.54, 1.807) is 30.5 Å². The summed E-state index contributed by atoms with van der Waals surface area (Å²) < 4.78 is 80.2. The smallest absolute Gasteiger partial charge is 0.367 e. The van der Waals surface area contributed by atoms with Crippen LogP contribution in [-0.4, -0.2) is 46.8 Å². The van der Waals surface area contributed by atoms with Crippen molar-refractivity contribution < 1.29 is 26.0 Å². The maximum Gasteiger partial charge on any atom is 0.417 e. The summed E-state index contributed by atoms with van der Waals surface area (Å²) in [7, 11) is -3.76. The number of rotatable bonds is 5. The van der Waals surface area contributed by atoms with Crippen LogP contribution in [0.25, 0.3) is 22.2 Å². The molecule has 1 aliphatic rings. The van der Waals surface area contributed by atoms with Gasteiger partial charge in [0, 0.05) is 42.5 Å². The lowest BCUT2D eigenvalue weighted by Gasteiger charge is -2.32. The van der Waals surface area contributed by atoms with Crippen molar-refractivity contribution in [1.29, 1.82) is 0 Å². The summed E-state index contributed by atoms with van der Waals surface area (Å²) >= 11 is 0. The van der Waals surface area contributed by atoms with Crippen LogP contribution in [0.4, 0.5) is 23.4 Å². The van der Waals surface area contributed by atoms with E-state index in [1.165, 1.54) is 22.5 Å². The van der Waals surface area contributed by atoms with Gasteiger partial charge in [-0.15, -0.1) is 0 Å². The van der Waals surface area contributed by atoms with Gasteiger partial charge in [-0.05, 0) is 54.8 Å². The Balaban J connectivity index is 1.24. The van der Waals surface area contributed by atoms with E-state index in [0.29, 0.717) is 29.9 Å². The minimum absolute atomic E-state index is 0.0955. The third kappa shape index (κ3) is 4.78. The van der Waals surface area contributed by atoms with E-state index in [4.69, 9.17) is 0 Å². The summed E-state index contributed by atoms with van der Waals surface area (Å²) in [6.45, 7) is 0.482. The number of hydrogen-bond acceptors (Lipinski definition) is 5. The summed E-state index contributed by atoms with van der Waals surface area (Å²) in [4.78, 5) is 10.7. The fourth-order valence-electron chi connectivity index (χ4n) is 4.21. The van der Waals surface area contributed by atoms with Crippen molar-refractivity contribution in [2.75, 3.05) is 18.4 Å². The number of H-pyrrole nitrogens is 1. The number of fused-ring (bicyclic) bond motifs is 1. The molecule has 0 aliphatic carbocycles. The molecule has 1 fully saturated rings. The van der Waals surface area contributed by atoms with E-state index in [0.717, 1.165) is 17.6 Å². The molecular weight excluding hydrogens is 498 g/mol. The Kier molecular flexibility index (Phi) is 6.17. The average molecular weight is 520 g/mol. The monoisotopic (exact) mass is 519 g/mol. The van der Waals surface area contributed by atoms with Crippen molar-refractivity contribution in [2.24, 2.45) is 0 Å². The normalized spacial score (nSPS) is 15.9. The summed E-state index contributed by atoms with van der Waals surface area (Å²) in [6.07, 6.45) is -1.09. The number of nitrogens with one attached hydrogen (secondary N) is 2. The van der Waals surface area contributed by atoms with Crippen LogP contribution in [0.3, 0.4) is 0 Å². The van der Waals surface area contributed by atoms with E-state index in [9.17, 15) is 26.0 Å². The number of piperidine rings is 1. The predicted molar refractivity (Wildman–Crippen MR) is 126 cm³/mol. The molecule has 2 N–H and O–H groups in total. The van der Waals surface area contributed by atoms with Gasteiger partial charge in [-0.3, -0.25) is 0 Å². The van der Waals surface area contributed by atoms with Gasteiger partial charge in [-0.1, -0.05) is 12.1 Å². The number of anilines is 1. The van der Waals surface area contributed by atoms with E-state index >= 15 is 0 Å². The molecule has 1 aromatic carbocycles. The number of benzene rings is 1. The molecule has 0 amide bonds. The molecule has 0 radical (unpaired) electrons. The summed E-state index contributed by atoms with van der Waals surface area (Å²) in [5, 5.41) is 3.81. The van der Waals surface area contributed by atoms with Crippen LogP contribution in [0.2, 0.25) is 0 Å². The molecule has 4 heterocycles. The largest absolute Gasteiger partial charge is 0.417 e. The molecule has 4 aromatic rings. The molecule has 3 aromatic heterocycles. The molecule has 7 nitrogen and oxygen atoms in total. The van der Waals surface area contributed by atoms with Crippen LogP contribution < -0.4 is 5.32 Å². The van der Waals surface area contributed by atoms with Crippen LogP contribution in [0.5, 0.6) is 0 Å². The van der Waals surface area contributed by atoms with Crippen LogP contribution in [-0.2, 0) is 16.2 Å². The first-order valence-corrected chi connectivity index (χ1v) is 12.6. The van der Waals surface area contributed by atoms with Crippen molar-refractivity contribution in [3.05, 3.63) is 72.4 Å². The van der Waals surface area contributed by atoms with Gasteiger partial charge >= 0.3 is 6.18 Å². The van der Waals surface area contributed by atoms with Crippen LogP contribution in [0.15, 0.2) is 65.8 Å². The third-order valence-corrected chi connectivity index (χ3v) is 8.10. The third-order valence-electron chi connectivity index (χ3n) is 6.19. The fraction of sp³-hybridized carbons (Fsp3) is 0.250. The van der Waals surface area contributed by atoms with Crippen molar-refractivity contribution >= 4 is 26.9 Å². The number of aromatic nitrogens is 3. The molecule has 188 valence electrons. The first-order chi connectivity index (χ1) is 17.1. The van der Waals surface area contributed by atoms with Crippen LogP contribution in [0.1, 0.15) is 18.4 Å². The molecule has 0 atom stereocenters. The molecule has 12 heteroatoms. The number of alkyl halides is 3. The van der Waals surface area contributed by atoms with Gasteiger partial charge in [0.25, 0.3) is 0 Å². The molecule has 0 spiro atoms. The van der Waals surface area contributed by atoms with Crippen molar-refractivity contribution in [3.8, 4) is 11.1 Å². The average Bonchev–Trinajstić information content (AvgIpc) is 3.31. The van der Waals surface area contributed by atoms with Gasteiger partial charge in [0.2, 0.25) is 16.0 Å². The zero-order valence-electron chi connectivity index (χ0n) is 18.8. The Bertz CT molecular complexity index is 1480. The van der Waals surface area contributed by atoms with Crippen LogP contribution in [0, 0.1) is 5.95 Å². The number of aromatic amines is 1. The van der Waals surface area contributed by atoms with Gasteiger partial charge in [-0.2, -0.15) is 21.9 Å². The Morgan fingerprint density at radius 1 is 1.03 bits per heavy atom. The minimum atomic E-state index is -4.45. The van der Waals surface area contributed by atoms with Crippen molar-refractivity contribution in [2.45, 2.75) is 30.0 Å². The zero-order chi connectivity index (χ0) is 25.5. The Morgan fingerprint density at radius 3 is 2.39 bits per heavy atom. The Labute approximate surface area is 204 Å². The molecular formula is C24H21F4N5O2S. The zero-order valence-corrected chi connectivity index (χ0v) is 19.6. The number of sulfonamides is 1. The summed E-state index contributed by atoms with van der Waals surface area (Å²) in [5.74, 6) is -0.350. The fourth-order valence-corrected chi connectivity index (χ4v) is 5.68. The molecule has 1 aliphatic heterocycles. The summed E-state index contributed by atoms with van der Waals surface area (Å²) in [5.41, 5.74) is 0.384. The highest BCUT2D eigenvalue weighted by atomic mass is 32.2. The van der Waals surface area contributed by atoms with E-state index in [-0.39, 0.29) is 29.6 Å². The molecule has 0 unspecified atom stereocenters. The molecule has 5 rings (SSSR count). The Morgan fingerprint density at radius 2 is 1.75 bits per heavy atom. The van der Waals surface area contributed by atoms with Gasteiger partial charge in [0.05, 0.1) is 10.5 Å². The summed E-state index contributed by atoms with van der Waals surface area (Å²) in [6, 6.07) is 11.5. The molecule has 1 saturated heterocycles. The highest BCUT2D eigenvalue weighted by Gasteiger charge is 2.32.